The lowest BCUT2D eigenvalue weighted by Crippen LogP contribution is -2.32. The Kier molecular flexibility index (Phi) is 4.04. The molecule has 1 aliphatic rings. The van der Waals surface area contributed by atoms with Gasteiger partial charge in [-0.3, -0.25) is 4.79 Å². The van der Waals surface area contributed by atoms with Crippen LogP contribution in [0.25, 0.3) is 0 Å². The van der Waals surface area contributed by atoms with Crippen LogP contribution in [0.1, 0.15) is 19.3 Å². The number of methoxy groups -OCH3 is 1. The Morgan fingerprint density at radius 3 is 2.74 bits per heavy atom. The van der Waals surface area contributed by atoms with Crippen molar-refractivity contribution in [2.45, 2.75) is 25.3 Å². The standard InChI is InChI=1S/C14H19FN2O2/c1-17(14(18)9-3-4-10(16)7-9)11-5-6-13(19-2)12(15)8-11/h5-6,8-10H,3-4,7,16H2,1-2H3. The molecule has 1 aliphatic carbocycles. The van der Waals surface area contributed by atoms with E-state index in [-0.39, 0.29) is 23.6 Å². The molecule has 2 atom stereocenters. The maximum Gasteiger partial charge on any atom is 0.229 e. The average Bonchev–Trinajstić information content (AvgIpc) is 2.83. The van der Waals surface area contributed by atoms with E-state index in [1.54, 1.807) is 13.1 Å². The molecule has 0 heterocycles. The van der Waals surface area contributed by atoms with Crippen LogP contribution >= 0.6 is 0 Å². The van der Waals surface area contributed by atoms with Crippen molar-refractivity contribution < 1.29 is 13.9 Å². The molecule has 19 heavy (non-hydrogen) atoms. The molecule has 104 valence electrons. The fourth-order valence-corrected chi connectivity index (χ4v) is 2.51. The molecule has 4 nitrogen and oxygen atoms in total. The van der Waals surface area contributed by atoms with Gasteiger partial charge in [-0.15, -0.1) is 0 Å². The van der Waals surface area contributed by atoms with Crippen LogP contribution in [0.15, 0.2) is 18.2 Å². The molecule has 5 heteroatoms. The minimum Gasteiger partial charge on any atom is -0.494 e. The molecule has 1 amide bonds. The van der Waals surface area contributed by atoms with Crippen molar-refractivity contribution in [3.05, 3.63) is 24.0 Å². The molecule has 2 rings (SSSR count). The molecule has 0 radical (unpaired) electrons. The van der Waals surface area contributed by atoms with Gasteiger partial charge in [0, 0.05) is 30.8 Å². The van der Waals surface area contributed by atoms with Crippen molar-refractivity contribution >= 4 is 11.6 Å². The molecule has 1 fully saturated rings. The van der Waals surface area contributed by atoms with Crippen LogP contribution < -0.4 is 15.4 Å². The molecule has 0 aromatic heterocycles. The van der Waals surface area contributed by atoms with Crippen molar-refractivity contribution in [2.75, 3.05) is 19.1 Å². The van der Waals surface area contributed by atoms with Gasteiger partial charge in [0.2, 0.25) is 5.91 Å². The van der Waals surface area contributed by atoms with E-state index in [9.17, 15) is 9.18 Å². The largest absolute Gasteiger partial charge is 0.494 e. The van der Waals surface area contributed by atoms with E-state index in [0.29, 0.717) is 12.1 Å². The lowest BCUT2D eigenvalue weighted by molar-refractivity contribution is -0.121. The van der Waals surface area contributed by atoms with Crippen molar-refractivity contribution in [2.24, 2.45) is 11.7 Å². The Hall–Kier alpha value is -1.62. The fourth-order valence-electron chi connectivity index (χ4n) is 2.51. The van der Waals surface area contributed by atoms with Gasteiger partial charge < -0.3 is 15.4 Å². The highest BCUT2D eigenvalue weighted by Crippen LogP contribution is 2.29. The number of carbonyl (C=O) groups is 1. The topological polar surface area (TPSA) is 55.6 Å². The van der Waals surface area contributed by atoms with Crippen molar-refractivity contribution in [1.29, 1.82) is 0 Å². The normalized spacial score (nSPS) is 22.3. The average molecular weight is 266 g/mol. The maximum absolute atomic E-state index is 13.6. The Labute approximate surface area is 112 Å². The zero-order chi connectivity index (χ0) is 14.0. The lowest BCUT2D eigenvalue weighted by atomic mass is 10.1. The molecule has 0 bridgehead atoms. The molecular weight excluding hydrogens is 247 g/mol. The zero-order valence-electron chi connectivity index (χ0n) is 11.2. The van der Waals surface area contributed by atoms with E-state index in [0.717, 1.165) is 12.8 Å². The van der Waals surface area contributed by atoms with Gasteiger partial charge in [-0.05, 0) is 31.4 Å². The monoisotopic (exact) mass is 266 g/mol. The Morgan fingerprint density at radius 2 is 2.21 bits per heavy atom. The molecule has 0 aliphatic heterocycles. The molecule has 2 unspecified atom stereocenters. The van der Waals surface area contributed by atoms with E-state index in [1.165, 1.54) is 24.1 Å². The van der Waals surface area contributed by atoms with E-state index in [4.69, 9.17) is 10.5 Å². The van der Waals surface area contributed by atoms with E-state index in [1.807, 2.05) is 0 Å². The number of ether oxygens (including phenoxy) is 1. The molecule has 2 N–H and O–H groups in total. The smallest absolute Gasteiger partial charge is 0.229 e. The lowest BCUT2D eigenvalue weighted by Gasteiger charge is -2.21. The van der Waals surface area contributed by atoms with Gasteiger partial charge in [0.15, 0.2) is 11.6 Å². The zero-order valence-corrected chi connectivity index (χ0v) is 11.2. The predicted octanol–water partition coefficient (Wildman–Crippen LogP) is 1.92. The SMILES string of the molecule is COc1ccc(N(C)C(=O)C2CCC(N)C2)cc1F. The van der Waals surface area contributed by atoms with Crippen LogP contribution in [0, 0.1) is 11.7 Å². The van der Waals surface area contributed by atoms with Gasteiger partial charge >= 0.3 is 0 Å². The summed E-state index contributed by atoms with van der Waals surface area (Å²) in [4.78, 5) is 13.8. The molecule has 1 aromatic carbocycles. The first kappa shape index (κ1) is 13.8. The summed E-state index contributed by atoms with van der Waals surface area (Å²) < 4.78 is 18.5. The van der Waals surface area contributed by atoms with Crippen molar-refractivity contribution in [1.82, 2.24) is 0 Å². The second kappa shape index (κ2) is 5.57. The first-order chi connectivity index (χ1) is 9.02. The third-order valence-corrected chi connectivity index (χ3v) is 3.68. The quantitative estimate of drug-likeness (QED) is 0.909. The third-order valence-electron chi connectivity index (χ3n) is 3.68. The summed E-state index contributed by atoms with van der Waals surface area (Å²) in [7, 11) is 3.07. The summed E-state index contributed by atoms with van der Waals surface area (Å²) in [6.45, 7) is 0. The second-order valence-electron chi connectivity index (χ2n) is 4.99. The van der Waals surface area contributed by atoms with Gasteiger partial charge in [0.25, 0.3) is 0 Å². The minimum atomic E-state index is -0.470. The number of carbonyl (C=O) groups excluding carboxylic acids is 1. The molecular formula is C14H19FN2O2. The van der Waals surface area contributed by atoms with Crippen LogP contribution in [0.2, 0.25) is 0 Å². The first-order valence-corrected chi connectivity index (χ1v) is 6.39. The highest BCUT2D eigenvalue weighted by atomic mass is 19.1. The second-order valence-corrected chi connectivity index (χ2v) is 4.99. The van der Waals surface area contributed by atoms with Gasteiger partial charge in [0.05, 0.1) is 7.11 Å². The maximum atomic E-state index is 13.6. The van der Waals surface area contributed by atoms with Crippen LogP contribution in [-0.4, -0.2) is 26.1 Å². The number of amides is 1. The summed E-state index contributed by atoms with van der Waals surface area (Å²) in [6.07, 6.45) is 2.39. The van der Waals surface area contributed by atoms with Crippen LogP contribution in [0.4, 0.5) is 10.1 Å². The number of halogens is 1. The van der Waals surface area contributed by atoms with Gasteiger partial charge in [-0.2, -0.15) is 0 Å². The van der Waals surface area contributed by atoms with E-state index < -0.39 is 5.82 Å². The number of hydrogen-bond acceptors (Lipinski definition) is 3. The Balaban J connectivity index is 2.12. The fraction of sp³-hybridized carbons (Fsp3) is 0.500. The summed E-state index contributed by atoms with van der Waals surface area (Å²) in [5.41, 5.74) is 6.35. The van der Waals surface area contributed by atoms with E-state index in [2.05, 4.69) is 0 Å². The van der Waals surface area contributed by atoms with Gasteiger partial charge in [-0.25, -0.2) is 4.39 Å². The number of rotatable bonds is 3. The van der Waals surface area contributed by atoms with E-state index >= 15 is 0 Å². The summed E-state index contributed by atoms with van der Waals surface area (Å²) in [6, 6.07) is 4.62. The summed E-state index contributed by atoms with van der Waals surface area (Å²) in [5, 5.41) is 0. The minimum absolute atomic E-state index is 0.00230. The highest BCUT2D eigenvalue weighted by molar-refractivity contribution is 5.94. The number of nitrogens with two attached hydrogens (primary N) is 1. The number of nitrogens with zero attached hydrogens (tertiary/aromatic N) is 1. The van der Waals surface area contributed by atoms with Gasteiger partial charge in [0.1, 0.15) is 0 Å². The van der Waals surface area contributed by atoms with Crippen LogP contribution in [-0.2, 0) is 4.79 Å². The van der Waals surface area contributed by atoms with Crippen molar-refractivity contribution in [3.8, 4) is 5.75 Å². The highest BCUT2D eigenvalue weighted by Gasteiger charge is 2.30. The predicted molar refractivity (Wildman–Crippen MR) is 71.7 cm³/mol. The number of hydrogen-bond donors (Lipinski definition) is 1. The number of anilines is 1. The molecule has 0 saturated heterocycles. The number of benzene rings is 1. The first-order valence-electron chi connectivity index (χ1n) is 6.39. The van der Waals surface area contributed by atoms with Crippen molar-refractivity contribution in [3.63, 3.8) is 0 Å². The molecule has 1 aromatic rings. The van der Waals surface area contributed by atoms with Crippen LogP contribution in [0.3, 0.4) is 0 Å². The summed E-state index contributed by atoms with van der Waals surface area (Å²) >= 11 is 0. The third kappa shape index (κ3) is 2.87. The Morgan fingerprint density at radius 1 is 1.47 bits per heavy atom. The Bertz CT molecular complexity index is 479. The van der Waals surface area contributed by atoms with Crippen LogP contribution in [0.5, 0.6) is 5.75 Å². The summed E-state index contributed by atoms with van der Waals surface area (Å²) in [5.74, 6) is -0.349. The molecule has 0 spiro atoms. The van der Waals surface area contributed by atoms with Gasteiger partial charge in [-0.1, -0.05) is 0 Å². The molecule has 1 saturated carbocycles.